The summed E-state index contributed by atoms with van der Waals surface area (Å²) >= 11 is 0. The highest BCUT2D eigenvalue weighted by Gasteiger charge is 2.29. The third kappa shape index (κ3) is 4.51. The first-order chi connectivity index (χ1) is 17.5. The number of hydrogen-bond donors (Lipinski definition) is 2. The molecule has 0 aliphatic heterocycles. The van der Waals surface area contributed by atoms with Gasteiger partial charge in [-0.1, -0.05) is 37.6 Å². The number of aryl methyl sites for hydroxylation is 1. The Hall–Kier alpha value is -3.59. The third-order valence-corrected chi connectivity index (χ3v) is 7.71. The van der Waals surface area contributed by atoms with E-state index in [2.05, 4.69) is 49.2 Å². The normalized spacial score (nSPS) is 13.3. The standard InChI is InChI=1S/C25H28N7O3P/c1-3-5-13-23-26-16-24(36(33,34)35-4-2)32(23)17-18-9-8-12-21-19(18)14-15-31(21)22-11-7-6-10-20(22)25-27-29-30-28-25/h6-12,14-16H,3-5,13,17H2,1-2H3,(H,33,34)(H,27,28,29,30). The summed E-state index contributed by atoms with van der Waals surface area (Å²) in [6, 6.07) is 16.0. The maximum atomic E-state index is 13.0. The number of nitrogens with zero attached hydrogens (tertiary/aromatic N) is 6. The predicted octanol–water partition coefficient (Wildman–Crippen LogP) is 4.25. The molecule has 0 fully saturated rings. The Labute approximate surface area is 208 Å². The highest BCUT2D eigenvalue weighted by Crippen LogP contribution is 2.41. The molecule has 0 spiro atoms. The molecule has 11 heteroatoms. The van der Waals surface area contributed by atoms with E-state index in [0.29, 0.717) is 12.4 Å². The highest BCUT2D eigenvalue weighted by atomic mass is 31.2. The predicted molar refractivity (Wildman–Crippen MR) is 137 cm³/mol. The average Bonchev–Trinajstić information content (AvgIpc) is 3.63. The molecule has 3 heterocycles. The monoisotopic (exact) mass is 505 g/mol. The van der Waals surface area contributed by atoms with Gasteiger partial charge >= 0.3 is 7.60 Å². The molecule has 0 bridgehead atoms. The Balaban J connectivity index is 1.59. The van der Waals surface area contributed by atoms with Crippen molar-refractivity contribution in [2.24, 2.45) is 0 Å². The van der Waals surface area contributed by atoms with Gasteiger partial charge in [0.2, 0.25) is 5.82 Å². The molecule has 0 aliphatic rings. The van der Waals surface area contributed by atoms with Crippen molar-refractivity contribution >= 4 is 23.9 Å². The van der Waals surface area contributed by atoms with Crippen molar-refractivity contribution in [1.29, 1.82) is 0 Å². The molecule has 0 radical (unpaired) electrons. The van der Waals surface area contributed by atoms with Crippen LogP contribution in [0, 0.1) is 0 Å². The van der Waals surface area contributed by atoms with E-state index in [4.69, 9.17) is 4.52 Å². The second-order valence-electron chi connectivity index (χ2n) is 8.45. The number of hydrogen-bond acceptors (Lipinski definition) is 6. The van der Waals surface area contributed by atoms with E-state index >= 15 is 0 Å². The second-order valence-corrected chi connectivity index (χ2v) is 10.2. The first kappa shape index (κ1) is 24.1. The largest absolute Gasteiger partial charge is 0.376 e. The van der Waals surface area contributed by atoms with Gasteiger partial charge < -0.3 is 18.6 Å². The molecular weight excluding hydrogens is 477 g/mol. The molecule has 5 rings (SSSR count). The van der Waals surface area contributed by atoms with Gasteiger partial charge in [-0.25, -0.2) is 4.98 Å². The van der Waals surface area contributed by atoms with Crippen LogP contribution in [0.4, 0.5) is 0 Å². The van der Waals surface area contributed by atoms with Crippen LogP contribution in [-0.2, 0) is 22.1 Å². The fourth-order valence-corrected chi connectivity index (χ4v) is 5.65. The number of para-hydroxylation sites is 1. The van der Waals surface area contributed by atoms with Crippen molar-refractivity contribution in [1.82, 2.24) is 34.7 Å². The van der Waals surface area contributed by atoms with Gasteiger partial charge in [-0.3, -0.25) is 4.57 Å². The van der Waals surface area contributed by atoms with Crippen molar-refractivity contribution in [3.05, 3.63) is 72.3 Å². The van der Waals surface area contributed by atoms with Gasteiger partial charge in [-0.05, 0) is 48.4 Å². The van der Waals surface area contributed by atoms with E-state index in [1.54, 1.807) is 6.92 Å². The molecule has 5 aromatic rings. The molecule has 2 aromatic carbocycles. The van der Waals surface area contributed by atoms with Gasteiger partial charge in [0.25, 0.3) is 0 Å². The molecular formula is C25H28N7O3P. The Morgan fingerprint density at radius 3 is 2.75 bits per heavy atom. The van der Waals surface area contributed by atoms with Crippen LogP contribution >= 0.6 is 7.60 Å². The van der Waals surface area contributed by atoms with E-state index in [1.165, 1.54) is 6.20 Å². The molecule has 1 atom stereocenters. The summed E-state index contributed by atoms with van der Waals surface area (Å²) in [6.45, 7) is 4.36. The Morgan fingerprint density at radius 2 is 1.97 bits per heavy atom. The van der Waals surface area contributed by atoms with Crippen LogP contribution in [0.25, 0.3) is 28.0 Å². The average molecular weight is 506 g/mol. The number of H-pyrrole nitrogens is 1. The van der Waals surface area contributed by atoms with Crippen LogP contribution < -0.4 is 5.44 Å². The molecule has 10 nitrogen and oxygen atoms in total. The summed E-state index contributed by atoms with van der Waals surface area (Å²) in [6.07, 6.45) is 6.15. The summed E-state index contributed by atoms with van der Waals surface area (Å²) in [7, 11) is -4.00. The zero-order valence-corrected chi connectivity index (χ0v) is 21.1. The fourth-order valence-electron chi connectivity index (χ4n) is 4.48. The molecule has 0 saturated heterocycles. The lowest BCUT2D eigenvalue weighted by molar-refractivity contribution is 0.282. The van der Waals surface area contributed by atoms with Crippen molar-refractivity contribution in [2.45, 2.75) is 39.7 Å². The molecule has 0 saturated carbocycles. The minimum atomic E-state index is -4.00. The second kappa shape index (κ2) is 10.2. The van der Waals surface area contributed by atoms with E-state index in [-0.39, 0.29) is 12.0 Å². The van der Waals surface area contributed by atoms with Crippen molar-refractivity contribution < 1.29 is 14.0 Å². The molecule has 36 heavy (non-hydrogen) atoms. The van der Waals surface area contributed by atoms with Crippen LogP contribution in [0.5, 0.6) is 0 Å². The Bertz CT molecular complexity index is 1520. The fraction of sp³-hybridized carbons (Fsp3) is 0.280. The van der Waals surface area contributed by atoms with Gasteiger partial charge in [0, 0.05) is 23.6 Å². The maximum absolute atomic E-state index is 13.0. The van der Waals surface area contributed by atoms with Crippen molar-refractivity contribution in [3.8, 4) is 17.1 Å². The summed E-state index contributed by atoms with van der Waals surface area (Å²) in [5.74, 6) is 1.29. The molecule has 0 aliphatic carbocycles. The van der Waals surface area contributed by atoms with Crippen LogP contribution in [0.15, 0.2) is 60.9 Å². The number of aromatic amines is 1. The van der Waals surface area contributed by atoms with Crippen LogP contribution in [-0.4, -0.2) is 46.2 Å². The number of tetrazole rings is 1. The van der Waals surface area contributed by atoms with Crippen molar-refractivity contribution in [2.75, 3.05) is 6.61 Å². The number of rotatable bonds is 10. The number of unbranched alkanes of at least 4 members (excludes halogenated alkanes) is 1. The minimum Gasteiger partial charge on any atom is -0.320 e. The smallest absolute Gasteiger partial charge is 0.320 e. The molecule has 1 unspecified atom stereocenters. The first-order valence-electron chi connectivity index (χ1n) is 12.0. The van der Waals surface area contributed by atoms with Gasteiger partial charge in [-0.2, -0.15) is 5.21 Å². The lowest BCUT2D eigenvalue weighted by Crippen LogP contribution is -2.21. The summed E-state index contributed by atoms with van der Waals surface area (Å²) < 4.78 is 22.1. The van der Waals surface area contributed by atoms with Crippen molar-refractivity contribution in [3.63, 3.8) is 0 Å². The number of aromatic nitrogens is 7. The Kier molecular flexibility index (Phi) is 6.82. The summed E-state index contributed by atoms with van der Waals surface area (Å²) in [5.41, 5.74) is 4.00. The highest BCUT2D eigenvalue weighted by molar-refractivity contribution is 7.61. The van der Waals surface area contributed by atoms with Gasteiger partial charge in [-0.15, -0.1) is 10.2 Å². The third-order valence-electron chi connectivity index (χ3n) is 6.17. The maximum Gasteiger partial charge on any atom is 0.376 e. The minimum absolute atomic E-state index is 0.140. The zero-order chi connectivity index (χ0) is 25.1. The van der Waals surface area contributed by atoms with Gasteiger partial charge in [0.1, 0.15) is 5.82 Å². The number of imidazole rings is 1. The van der Waals surface area contributed by atoms with E-state index in [0.717, 1.165) is 52.8 Å². The SMILES string of the molecule is CCCCc1ncc(P(=O)(O)OCC)n1Cc1cccc2c1ccn2-c1ccccc1-c1nn[nH]n1. The topological polar surface area (TPSA) is 124 Å². The first-order valence-corrected chi connectivity index (χ1v) is 13.6. The van der Waals surface area contributed by atoms with Gasteiger partial charge in [0.15, 0.2) is 5.44 Å². The number of fused-ring (bicyclic) bond motifs is 1. The lowest BCUT2D eigenvalue weighted by Gasteiger charge is -2.16. The number of nitrogens with one attached hydrogen (secondary N) is 1. The summed E-state index contributed by atoms with van der Waals surface area (Å²) in [5, 5.41) is 15.6. The molecule has 0 amide bonds. The lowest BCUT2D eigenvalue weighted by atomic mass is 10.1. The van der Waals surface area contributed by atoms with Crippen LogP contribution in [0.2, 0.25) is 0 Å². The zero-order valence-electron chi connectivity index (χ0n) is 20.2. The molecule has 2 N–H and O–H groups in total. The molecule has 3 aromatic heterocycles. The van der Waals surface area contributed by atoms with E-state index in [1.807, 2.05) is 47.2 Å². The van der Waals surface area contributed by atoms with E-state index in [9.17, 15) is 9.46 Å². The van der Waals surface area contributed by atoms with Crippen LogP contribution in [0.3, 0.4) is 0 Å². The van der Waals surface area contributed by atoms with Crippen LogP contribution in [0.1, 0.15) is 38.1 Å². The quantitative estimate of drug-likeness (QED) is 0.272. The number of benzene rings is 2. The molecule has 186 valence electrons. The van der Waals surface area contributed by atoms with Gasteiger partial charge in [0.05, 0.1) is 30.6 Å². The summed E-state index contributed by atoms with van der Waals surface area (Å²) in [4.78, 5) is 15.1. The van der Waals surface area contributed by atoms with E-state index < -0.39 is 7.60 Å². The Morgan fingerprint density at radius 1 is 1.11 bits per heavy atom.